The van der Waals surface area contributed by atoms with Gasteiger partial charge in [-0.25, -0.2) is 0 Å². The summed E-state index contributed by atoms with van der Waals surface area (Å²) in [7, 11) is 1.58. The van der Waals surface area contributed by atoms with Gasteiger partial charge in [0.05, 0.1) is 13.2 Å². The molecule has 9 heteroatoms. The Balaban J connectivity index is 0.00000196. The zero-order valence-electron chi connectivity index (χ0n) is 15.5. The van der Waals surface area contributed by atoms with E-state index >= 15 is 0 Å². The molecule has 1 saturated heterocycles. The number of amides is 1. The van der Waals surface area contributed by atoms with Crippen LogP contribution in [0.5, 0.6) is 11.5 Å². The second-order valence-corrected chi connectivity index (χ2v) is 6.06. The van der Waals surface area contributed by atoms with E-state index in [1.807, 2.05) is 12.1 Å². The molecule has 28 heavy (non-hydrogen) atoms. The van der Waals surface area contributed by atoms with E-state index in [4.69, 9.17) is 19.9 Å². The lowest BCUT2D eigenvalue weighted by Crippen LogP contribution is -2.29. The van der Waals surface area contributed by atoms with Crippen LogP contribution < -0.4 is 20.5 Å². The third-order valence-electron chi connectivity index (χ3n) is 4.24. The second-order valence-electron chi connectivity index (χ2n) is 6.06. The van der Waals surface area contributed by atoms with Gasteiger partial charge in [0, 0.05) is 30.7 Å². The Labute approximate surface area is 176 Å². The van der Waals surface area contributed by atoms with E-state index in [1.165, 1.54) is 0 Å². The van der Waals surface area contributed by atoms with Gasteiger partial charge in [-0.2, -0.15) is 0 Å². The molecule has 0 radical (unpaired) electrons. The van der Waals surface area contributed by atoms with Gasteiger partial charge < -0.3 is 25.3 Å². The summed E-state index contributed by atoms with van der Waals surface area (Å²) in [5.41, 5.74) is 7.21. The molecule has 0 saturated carbocycles. The molecule has 2 heterocycles. The van der Waals surface area contributed by atoms with Crippen LogP contribution in [0.1, 0.15) is 18.4 Å². The van der Waals surface area contributed by atoms with Crippen LogP contribution >= 0.6 is 24.8 Å². The van der Waals surface area contributed by atoms with E-state index in [-0.39, 0.29) is 36.8 Å². The number of methoxy groups -OCH3 is 1. The first-order valence-corrected chi connectivity index (χ1v) is 8.55. The molecule has 2 atom stereocenters. The number of nitrogens with two attached hydrogens (primary N) is 1. The Morgan fingerprint density at radius 1 is 1.21 bits per heavy atom. The van der Waals surface area contributed by atoms with Crippen molar-refractivity contribution in [1.29, 1.82) is 0 Å². The smallest absolute Gasteiger partial charge is 0.253 e. The highest BCUT2D eigenvalue weighted by Crippen LogP contribution is 2.31. The van der Waals surface area contributed by atoms with Crippen LogP contribution in [0.25, 0.3) is 0 Å². The molecule has 1 aromatic carbocycles. The van der Waals surface area contributed by atoms with E-state index in [0.717, 1.165) is 12.0 Å². The highest BCUT2D eigenvalue weighted by atomic mass is 35.5. The molecule has 0 unspecified atom stereocenters. The van der Waals surface area contributed by atoms with E-state index in [2.05, 4.69) is 10.3 Å². The monoisotopic (exact) mass is 429 g/mol. The van der Waals surface area contributed by atoms with Crippen LogP contribution in [0.2, 0.25) is 0 Å². The van der Waals surface area contributed by atoms with Crippen molar-refractivity contribution >= 4 is 36.4 Å². The zero-order chi connectivity index (χ0) is 18.4. The molecule has 0 aliphatic carbocycles. The molecule has 154 valence electrons. The van der Waals surface area contributed by atoms with Crippen molar-refractivity contribution in [3.63, 3.8) is 0 Å². The maximum absolute atomic E-state index is 12.4. The molecule has 3 N–H and O–H groups in total. The van der Waals surface area contributed by atoms with Gasteiger partial charge in [0.2, 0.25) is 0 Å². The fourth-order valence-electron chi connectivity index (χ4n) is 2.80. The number of hydrogen-bond acceptors (Lipinski definition) is 6. The van der Waals surface area contributed by atoms with Crippen molar-refractivity contribution in [2.24, 2.45) is 5.73 Å². The first-order valence-electron chi connectivity index (χ1n) is 8.55. The quantitative estimate of drug-likeness (QED) is 0.702. The fourth-order valence-corrected chi connectivity index (χ4v) is 2.80. The number of hydrogen-bond donors (Lipinski definition) is 2. The number of nitrogens with zero attached hydrogens (tertiary/aromatic N) is 1. The summed E-state index contributed by atoms with van der Waals surface area (Å²) in [5.74, 6) is 0.970. The van der Waals surface area contributed by atoms with Crippen molar-refractivity contribution in [2.45, 2.75) is 31.7 Å². The summed E-state index contributed by atoms with van der Waals surface area (Å²) in [4.78, 5) is 16.3. The van der Waals surface area contributed by atoms with Gasteiger partial charge in [0.15, 0.2) is 11.5 Å². The van der Waals surface area contributed by atoms with E-state index in [9.17, 15) is 4.79 Å². The molecular formula is C19H25Cl2N3O4. The van der Waals surface area contributed by atoms with Crippen molar-refractivity contribution in [3.8, 4) is 11.5 Å². The van der Waals surface area contributed by atoms with Gasteiger partial charge in [0.25, 0.3) is 5.91 Å². The maximum Gasteiger partial charge on any atom is 0.253 e. The Kier molecular flexibility index (Phi) is 10.0. The Morgan fingerprint density at radius 2 is 1.96 bits per heavy atom. The van der Waals surface area contributed by atoms with Crippen LogP contribution in [0.15, 0.2) is 42.7 Å². The van der Waals surface area contributed by atoms with Gasteiger partial charge in [-0.3, -0.25) is 9.78 Å². The highest BCUT2D eigenvalue weighted by molar-refractivity contribution is 5.94. The number of ether oxygens (including phenoxy) is 3. The van der Waals surface area contributed by atoms with Crippen LogP contribution in [0.3, 0.4) is 0 Å². The second kappa shape index (κ2) is 11.7. The van der Waals surface area contributed by atoms with Gasteiger partial charge in [0.1, 0.15) is 12.7 Å². The molecule has 0 spiro atoms. The molecule has 3 rings (SSSR count). The molecule has 0 bridgehead atoms. The molecule has 1 amide bonds. The minimum absolute atomic E-state index is 0. The molecule has 7 nitrogen and oxygen atoms in total. The zero-order valence-corrected chi connectivity index (χ0v) is 17.1. The standard InChI is InChI=1S/C19H23N3O4.2ClH/c1-24-16-4-2-14(22-19(23)17-5-3-15(11-20)26-17)10-18(16)25-12-13-6-8-21-9-7-13;;/h2,4,6-10,15,17H,3,5,11-12,20H2,1H3,(H,22,23);2*1H/t15-,17+;;/m1../s1. The number of benzene rings is 1. The number of carbonyl (C=O) groups excluding carboxylic acids is 1. The van der Waals surface area contributed by atoms with Crippen molar-refractivity contribution in [3.05, 3.63) is 48.3 Å². The summed E-state index contributed by atoms with van der Waals surface area (Å²) < 4.78 is 16.8. The number of halogens is 2. The van der Waals surface area contributed by atoms with Crippen LogP contribution in [-0.2, 0) is 16.1 Å². The summed E-state index contributed by atoms with van der Waals surface area (Å²) >= 11 is 0. The topological polar surface area (TPSA) is 95.7 Å². The maximum atomic E-state index is 12.4. The third kappa shape index (κ3) is 6.24. The number of rotatable bonds is 7. The van der Waals surface area contributed by atoms with Crippen LogP contribution in [0, 0.1) is 0 Å². The normalized spacial score (nSPS) is 17.8. The number of anilines is 1. The van der Waals surface area contributed by atoms with Crippen LogP contribution in [-0.4, -0.2) is 36.8 Å². The lowest BCUT2D eigenvalue weighted by atomic mass is 10.2. The lowest BCUT2D eigenvalue weighted by Gasteiger charge is -2.15. The van der Waals surface area contributed by atoms with Gasteiger partial charge in [-0.15, -0.1) is 24.8 Å². The number of nitrogens with one attached hydrogen (secondary N) is 1. The number of aromatic nitrogens is 1. The average molecular weight is 430 g/mol. The third-order valence-corrected chi connectivity index (χ3v) is 4.24. The summed E-state index contributed by atoms with van der Waals surface area (Å²) in [5, 5.41) is 2.87. The Morgan fingerprint density at radius 3 is 2.61 bits per heavy atom. The van der Waals surface area contributed by atoms with Crippen molar-refractivity contribution in [1.82, 2.24) is 4.98 Å². The summed E-state index contributed by atoms with van der Waals surface area (Å²) in [6, 6.07) is 9.03. The van der Waals surface area contributed by atoms with Crippen molar-refractivity contribution in [2.75, 3.05) is 19.0 Å². The minimum Gasteiger partial charge on any atom is -0.493 e. The Bertz CT molecular complexity index is 749. The van der Waals surface area contributed by atoms with Crippen molar-refractivity contribution < 1.29 is 19.0 Å². The first-order chi connectivity index (χ1) is 12.7. The summed E-state index contributed by atoms with van der Waals surface area (Å²) in [6.07, 6.45) is 4.39. The predicted octanol–water partition coefficient (Wildman–Crippen LogP) is 2.96. The van der Waals surface area contributed by atoms with E-state index in [0.29, 0.717) is 36.8 Å². The molecule has 1 aliphatic rings. The van der Waals surface area contributed by atoms with E-state index in [1.54, 1.807) is 37.7 Å². The van der Waals surface area contributed by atoms with Gasteiger partial charge >= 0.3 is 0 Å². The fraction of sp³-hybridized carbons (Fsp3) is 0.368. The molecule has 1 aliphatic heterocycles. The number of pyridine rings is 1. The van der Waals surface area contributed by atoms with Gasteiger partial charge in [-0.05, 0) is 42.7 Å². The molecule has 2 aromatic rings. The lowest BCUT2D eigenvalue weighted by molar-refractivity contribution is -0.126. The Hall–Kier alpha value is -2.06. The SMILES string of the molecule is COc1ccc(NC(=O)[C@@H]2CC[C@H](CN)O2)cc1OCc1ccncc1.Cl.Cl. The average Bonchev–Trinajstić information content (AvgIpc) is 3.17. The van der Waals surface area contributed by atoms with Crippen LogP contribution in [0.4, 0.5) is 5.69 Å². The highest BCUT2D eigenvalue weighted by Gasteiger charge is 2.29. The first kappa shape index (κ1) is 24.0. The molecule has 1 fully saturated rings. The molecular weight excluding hydrogens is 405 g/mol. The summed E-state index contributed by atoms with van der Waals surface area (Å²) in [6.45, 7) is 0.805. The van der Waals surface area contributed by atoms with Gasteiger partial charge in [-0.1, -0.05) is 0 Å². The number of carbonyl (C=O) groups is 1. The predicted molar refractivity (Wildman–Crippen MR) is 112 cm³/mol. The van der Waals surface area contributed by atoms with E-state index < -0.39 is 6.10 Å². The largest absolute Gasteiger partial charge is 0.493 e. The minimum atomic E-state index is -0.466. The molecule has 1 aromatic heterocycles.